The molecular weight excluding hydrogens is 364 g/mol. The molecule has 0 heterocycles. The summed E-state index contributed by atoms with van der Waals surface area (Å²) in [7, 11) is 0. The minimum absolute atomic E-state index is 0.00109. The van der Waals surface area contributed by atoms with Gasteiger partial charge in [-0.15, -0.1) is 0 Å². The van der Waals surface area contributed by atoms with Crippen molar-refractivity contribution >= 4 is 17.7 Å². The van der Waals surface area contributed by atoms with Gasteiger partial charge >= 0.3 is 0 Å². The van der Waals surface area contributed by atoms with E-state index in [-0.39, 0.29) is 11.3 Å². The van der Waals surface area contributed by atoms with Crippen LogP contribution in [-0.2, 0) is 4.79 Å². The monoisotopic (exact) mass is 392 g/mol. The van der Waals surface area contributed by atoms with Gasteiger partial charge in [0.1, 0.15) is 23.1 Å². The molecule has 2 N–H and O–H groups in total. The summed E-state index contributed by atoms with van der Waals surface area (Å²) in [5.74, 6) is 0.391. The second-order valence-electron chi connectivity index (χ2n) is 6.86. The van der Waals surface area contributed by atoms with Gasteiger partial charge in [0.25, 0.3) is 5.91 Å². The highest BCUT2D eigenvalue weighted by atomic mass is 16.5. The Morgan fingerprint density at radius 3 is 2.34 bits per heavy atom. The first-order chi connectivity index (χ1) is 14.1. The van der Waals surface area contributed by atoms with Crippen molar-refractivity contribution in [1.29, 1.82) is 5.26 Å². The lowest BCUT2D eigenvalue weighted by Gasteiger charge is -2.07. The summed E-state index contributed by atoms with van der Waals surface area (Å²) < 4.78 is 5.75. The van der Waals surface area contributed by atoms with Crippen molar-refractivity contribution in [1.82, 2.24) is 0 Å². The van der Waals surface area contributed by atoms with E-state index < -0.39 is 5.91 Å². The number of unbranched alkanes of at least 4 members (excludes halogenated alkanes) is 5. The Hall–Kier alpha value is -3.26. The van der Waals surface area contributed by atoms with E-state index in [4.69, 9.17) is 4.74 Å². The fourth-order valence-corrected chi connectivity index (χ4v) is 2.79. The first kappa shape index (κ1) is 22.0. The molecule has 152 valence electrons. The highest BCUT2D eigenvalue weighted by molar-refractivity contribution is 6.09. The topological polar surface area (TPSA) is 82.3 Å². The normalized spacial score (nSPS) is 11.0. The van der Waals surface area contributed by atoms with E-state index in [2.05, 4.69) is 12.2 Å². The molecule has 2 rings (SSSR count). The van der Waals surface area contributed by atoms with Gasteiger partial charge in [-0.1, -0.05) is 51.2 Å². The average Bonchev–Trinajstić information content (AvgIpc) is 2.74. The van der Waals surface area contributed by atoms with Crippen LogP contribution in [-0.4, -0.2) is 17.6 Å². The van der Waals surface area contributed by atoms with Crippen LogP contribution in [0.1, 0.15) is 51.0 Å². The lowest BCUT2D eigenvalue weighted by molar-refractivity contribution is -0.112. The van der Waals surface area contributed by atoms with E-state index in [1.54, 1.807) is 12.1 Å². The molecule has 0 saturated heterocycles. The fraction of sp³-hybridized carbons (Fsp3) is 0.333. The minimum Gasteiger partial charge on any atom is -0.508 e. The van der Waals surface area contributed by atoms with Gasteiger partial charge in [-0.05, 0) is 54.5 Å². The third-order valence-corrected chi connectivity index (χ3v) is 4.45. The number of carbonyl (C=O) groups excluding carboxylic acids is 1. The summed E-state index contributed by atoms with van der Waals surface area (Å²) in [6.07, 6.45) is 8.86. The number of aromatic hydroxyl groups is 1. The number of anilines is 1. The number of ether oxygens (including phenoxy) is 1. The highest BCUT2D eigenvalue weighted by Crippen LogP contribution is 2.17. The van der Waals surface area contributed by atoms with Gasteiger partial charge in [-0.2, -0.15) is 5.26 Å². The smallest absolute Gasteiger partial charge is 0.266 e. The summed E-state index contributed by atoms with van der Waals surface area (Å²) in [5, 5.41) is 21.2. The number of nitrogens with one attached hydrogen (secondary N) is 1. The molecule has 1 amide bonds. The van der Waals surface area contributed by atoms with Gasteiger partial charge in [-0.3, -0.25) is 4.79 Å². The maximum atomic E-state index is 12.3. The zero-order chi connectivity index (χ0) is 20.9. The average molecular weight is 392 g/mol. The van der Waals surface area contributed by atoms with Crippen molar-refractivity contribution in [3.8, 4) is 17.6 Å². The number of amides is 1. The zero-order valence-electron chi connectivity index (χ0n) is 16.9. The molecule has 0 bridgehead atoms. The number of phenols is 1. The fourth-order valence-electron chi connectivity index (χ4n) is 2.79. The summed E-state index contributed by atoms with van der Waals surface area (Å²) in [6, 6.07) is 15.3. The third-order valence-electron chi connectivity index (χ3n) is 4.45. The molecule has 0 radical (unpaired) electrons. The Bertz CT molecular complexity index is 834. The van der Waals surface area contributed by atoms with Crippen molar-refractivity contribution in [3.63, 3.8) is 0 Å². The molecule has 29 heavy (non-hydrogen) atoms. The number of phenolic OH excluding ortho intramolecular Hbond substituents is 1. The molecular formula is C24H28N2O3. The molecule has 0 atom stereocenters. The summed E-state index contributed by atoms with van der Waals surface area (Å²) >= 11 is 0. The van der Waals surface area contributed by atoms with E-state index in [9.17, 15) is 15.2 Å². The van der Waals surface area contributed by atoms with Gasteiger partial charge in [0.05, 0.1) is 6.61 Å². The SMILES string of the molecule is CCCCCCCCOc1ccc(/C=C(\C#N)C(=O)Nc2ccc(O)cc2)cc1. The molecule has 2 aromatic carbocycles. The number of benzene rings is 2. The van der Waals surface area contributed by atoms with Crippen LogP contribution in [0.15, 0.2) is 54.1 Å². The number of nitriles is 1. The Morgan fingerprint density at radius 1 is 1.03 bits per heavy atom. The van der Waals surface area contributed by atoms with E-state index >= 15 is 0 Å². The van der Waals surface area contributed by atoms with Crippen molar-refractivity contribution in [2.24, 2.45) is 0 Å². The van der Waals surface area contributed by atoms with Gasteiger partial charge in [0.15, 0.2) is 0 Å². The first-order valence-corrected chi connectivity index (χ1v) is 10.1. The third kappa shape index (κ3) is 8.10. The molecule has 5 heteroatoms. The van der Waals surface area contributed by atoms with Gasteiger partial charge in [0, 0.05) is 5.69 Å². The Morgan fingerprint density at radius 2 is 1.69 bits per heavy atom. The number of hydrogen-bond donors (Lipinski definition) is 2. The van der Waals surface area contributed by atoms with Gasteiger partial charge in [-0.25, -0.2) is 0 Å². The van der Waals surface area contributed by atoms with Crippen LogP contribution in [0.25, 0.3) is 6.08 Å². The van der Waals surface area contributed by atoms with Crippen LogP contribution in [0, 0.1) is 11.3 Å². The minimum atomic E-state index is -0.499. The van der Waals surface area contributed by atoms with E-state index in [0.29, 0.717) is 12.3 Å². The van der Waals surface area contributed by atoms with Crippen LogP contribution >= 0.6 is 0 Å². The maximum Gasteiger partial charge on any atom is 0.266 e. The van der Waals surface area contributed by atoms with Crippen LogP contribution < -0.4 is 10.1 Å². The summed E-state index contributed by atoms with van der Waals surface area (Å²) in [6.45, 7) is 2.91. The highest BCUT2D eigenvalue weighted by Gasteiger charge is 2.09. The van der Waals surface area contributed by atoms with Crippen LogP contribution in [0.5, 0.6) is 11.5 Å². The number of carbonyl (C=O) groups is 1. The van der Waals surface area contributed by atoms with E-state index in [1.165, 1.54) is 50.3 Å². The van der Waals surface area contributed by atoms with Gasteiger partial charge in [0.2, 0.25) is 0 Å². The molecule has 0 spiro atoms. The molecule has 0 aliphatic heterocycles. The Balaban J connectivity index is 1.85. The molecule has 0 unspecified atom stereocenters. The maximum absolute atomic E-state index is 12.3. The quantitative estimate of drug-likeness (QED) is 0.223. The first-order valence-electron chi connectivity index (χ1n) is 10.1. The van der Waals surface area contributed by atoms with E-state index in [0.717, 1.165) is 17.7 Å². The zero-order valence-corrected chi connectivity index (χ0v) is 16.9. The number of rotatable bonds is 11. The van der Waals surface area contributed by atoms with Crippen molar-refractivity contribution in [3.05, 3.63) is 59.7 Å². The predicted octanol–water partition coefficient (Wildman–Crippen LogP) is 5.68. The molecule has 0 saturated carbocycles. The van der Waals surface area contributed by atoms with E-state index in [1.807, 2.05) is 30.3 Å². The molecule has 2 aromatic rings. The number of hydrogen-bond acceptors (Lipinski definition) is 4. The van der Waals surface area contributed by atoms with Crippen molar-refractivity contribution < 1.29 is 14.6 Å². The number of nitrogens with zero attached hydrogens (tertiary/aromatic N) is 1. The predicted molar refractivity (Wildman–Crippen MR) is 116 cm³/mol. The van der Waals surface area contributed by atoms with Crippen LogP contribution in [0.2, 0.25) is 0 Å². The lowest BCUT2D eigenvalue weighted by atomic mass is 10.1. The Kier molecular flexibility index (Phi) is 9.31. The van der Waals surface area contributed by atoms with Crippen LogP contribution in [0.4, 0.5) is 5.69 Å². The Labute approximate surface area is 172 Å². The summed E-state index contributed by atoms with van der Waals surface area (Å²) in [4.78, 5) is 12.3. The van der Waals surface area contributed by atoms with Gasteiger partial charge < -0.3 is 15.2 Å². The molecule has 0 aromatic heterocycles. The summed E-state index contributed by atoms with van der Waals surface area (Å²) in [5.41, 5.74) is 1.25. The second-order valence-corrected chi connectivity index (χ2v) is 6.86. The van der Waals surface area contributed by atoms with Crippen LogP contribution in [0.3, 0.4) is 0 Å². The standard InChI is InChI=1S/C24H28N2O3/c1-2-3-4-5-6-7-16-29-23-14-8-19(9-15-23)17-20(18-25)24(28)26-21-10-12-22(27)13-11-21/h8-15,17,27H,2-7,16H2,1H3,(H,26,28)/b20-17+. The largest absolute Gasteiger partial charge is 0.508 e. The molecule has 0 aliphatic carbocycles. The molecule has 0 aliphatic rings. The van der Waals surface area contributed by atoms with Crippen molar-refractivity contribution in [2.45, 2.75) is 45.4 Å². The molecule has 0 fully saturated rings. The lowest BCUT2D eigenvalue weighted by Crippen LogP contribution is -2.13. The second kappa shape index (κ2) is 12.2. The van der Waals surface area contributed by atoms with Crippen molar-refractivity contribution in [2.75, 3.05) is 11.9 Å². The molecule has 5 nitrogen and oxygen atoms in total.